The summed E-state index contributed by atoms with van der Waals surface area (Å²) in [5.41, 5.74) is 3.13. The topological polar surface area (TPSA) is 46.9 Å². The minimum atomic E-state index is -0.182. The monoisotopic (exact) mass is 307 g/mol. The Hall–Kier alpha value is -1.62. The number of hydrogen-bond acceptors (Lipinski definition) is 2. The molecule has 94 valence electrons. The number of halogens is 1. The van der Waals surface area contributed by atoms with Gasteiger partial charge in [0.1, 0.15) is 0 Å². The Balaban J connectivity index is 2.24. The highest BCUT2D eigenvalue weighted by Crippen LogP contribution is 2.20. The molecule has 1 amide bonds. The van der Waals surface area contributed by atoms with Crippen LogP contribution in [0.2, 0.25) is 0 Å². The van der Waals surface area contributed by atoms with Crippen LogP contribution in [0, 0.1) is 13.8 Å². The van der Waals surface area contributed by atoms with E-state index in [0.29, 0.717) is 5.69 Å². The van der Waals surface area contributed by atoms with Crippen molar-refractivity contribution in [2.24, 2.45) is 7.05 Å². The van der Waals surface area contributed by atoms with Gasteiger partial charge in [-0.3, -0.25) is 9.48 Å². The maximum Gasteiger partial charge on any atom is 0.276 e. The molecule has 2 rings (SSSR count). The molecule has 5 heteroatoms. The number of amides is 1. The van der Waals surface area contributed by atoms with Crippen LogP contribution in [0.15, 0.2) is 28.9 Å². The third kappa shape index (κ3) is 2.61. The molecule has 18 heavy (non-hydrogen) atoms. The Morgan fingerprint density at radius 1 is 1.33 bits per heavy atom. The highest BCUT2D eigenvalue weighted by Gasteiger charge is 2.14. The van der Waals surface area contributed by atoms with Gasteiger partial charge in [0.05, 0.1) is 0 Å². The van der Waals surface area contributed by atoms with Gasteiger partial charge in [-0.2, -0.15) is 5.10 Å². The van der Waals surface area contributed by atoms with Gasteiger partial charge in [0, 0.05) is 29.0 Å². The van der Waals surface area contributed by atoms with Crippen molar-refractivity contribution in [3.8, 4) is 0 Å². The summed E-state index contributed by atoms with van der Waals surface area (Å²) < 4.78 is 2.63. The predicted molar refractivity (Wildman–Crippen MR) is 74.8 cm³/mol. The summed E-state index contributed by atoms with van der Waals surface area (Å²) in [5, 5.41) is 7.02. The number of rotatable bonds is 2. The van der Waals surface area contributed by atoms with E-state index >= 15 is 0 Å². The molecule has 0 bridgehead atoms. The van der Waals surface area contributed by atoms with Gasteiger partial charge in [0.15, 0.2) is 5.69 Å². The summed E-state index contributed by atoms with van der Waals surface area (Å²) in [7, 11) is 1.80. The number of carbonyl (C=O) groups is 1. The molecule has 0 saturated carbocycles. The fourth-order valence-electron chi connectivity index (χ4n) is 1.78. The first-order valence-corrected chi connectivity index (χ1v) is 6.34. The molecule has 1 N–H and O–H groups in total. The smallest absolute Gasteiger partial charge is 0.276 e. The quantitative estimate of drug-likeness (QED) is 0.927. The largest absolute Gasteiger partial charge is 0.320 e. The Morgan fingerprint density at radius 2 is 2.06 bits per heavy atom. The van der Waals surface area contributed by atoms with E-state index in [9.17, 15) is 4.79 Å². The van der Waals surface area contributed by atoms with Crippen LogP contribution in [-0.4, -0.2) is 15.7 Å². The number of hydrogen-bond donors (Lipinski definition) is 1. The summed E-state index contributed by atoms with van der Waals surface area (Å²) in [6.07, 6.45) is 1.82. The van der Waals surface area contributed by atoms with Gasteiger partial charge in [-0.25, -0.2) is 0 Å². The molecule has 1 aromatic carbocycles. The number of anilines is 1. The summed E-state index contributed by atoms with van der Waals surface area (Å²) in [4.78, 5) is 12.1. The van der Waals surface area contributed by atoms with Crippen molar-refractivity contribution in [3.63, 3.8) is 0 Å². The third-order valence-corrected chi connectivity index (χ3v) is 3.16. The van der Waals surface area contributed by atoms with E-state index in [-0.39, 0.29) is 5.91 Å². The highest BCUT2D eigenvalue weighted by atomic mass is 79.9. The Bertz CT molecular complexity index is 604. The number of nitrogens with zero attached hydrogens (tertiary/aromatic N) is 2. The van der Waals surface area contributed by atoms with Crippen molar-refractivity contribution in [3.05, 3.63) is 45.7 Å². The average Bonchev–Trinajstić information content (AvgIpc) is 2.62. The van der Waals surface area contributed by atoms with Crippen LogP contribution in [0.5, 0.6) is 0 Å². The van der Waals surface area contributed by atoms with Crippen LogP contribution in [0.25, 0.3) is 0 Å². The molecule has 0 aliphatic rings. The van der Waals surface area contributed by atoms with E-state index in [1.165, 1.54) is 0 Å². The lowest BCUT2D eigenvalue weighted by atomic mass is 10.2. The molecule has 1 aromatic heterocycles. The van der Waals surface area contributed by atoms with Gasteiger partial charge >= 0.3 is 0 Å². The number of carbonyl (C=O) groups excluding carboxylic acids is 1. The van der Waals surface area contributed by atoms with Crippen LogP contribution >= 0.6 is 15.9 Å². The lowest BCUT2D eigenvalue weighted by Gasteiger charge is -2.07. The van der Waals surface area contributed by atoms with Crippen LogP contribution < -0.4 is 5.32 Å². The lowest BCUT2D eigenvalue weighted by molar-refractivity contribution is 0.102. The first-order valence-electron chi connectivity index (χ1n) is 5.55. The Labute approximate surface area is 114 Å². The normalized spacial score (nSPS) is 10.4. The van der Waals surface area contributed by atoms with Gasteiger partial charge in [0.25, 0.3) is 5.91 Å². The van der Waals surface area contributed by atoms with E-state index in [1.54, 1.807) is 11.7 Å². The van der Waals surface area contributed by atoms with Crippen molar-refractivity contribution in [1.82, 2.24) is 9.78 Å². The molecule has 0 spiro atoms. The van der Waals surface area contributed by atoms with Crippen LogP contribution in [-0.2, 0) is 7.05 Å². The van der Waals surface area contributed by atoms with Crippen molar-refractivity contribution in [1.29, 1.82) is 0 Å². The summed E-state index contributed by atoms with van der Waals surface area (Å²) in [6.45, 7) is 3.82. The van der Waals surface area contributed by atoms with Crippen molar-refractivity contribution >= 4 is 27.5 Å². The van der Waals surface area contributed by atoms with Crippen LogP contribution in [0.4, 0.5) is 5.69 Å². The maximum atomic E-state index is 12.1. The molecule has 4 nitrogen and oxygen atoms in total. The zero-order valence-electron chi connectivity index (χ0n) is 10.5. The zero-order chi connectivity index (χ0) is 13.3. The van der Waals surface area contributed by atoms with Gasteiger partial charge in [-0.05, 0) is 37.6 Å². The van der Waals surface area contributed by atoms with Crippen molar-refractivity contribution in [2.75, 3.05) is 5.32 Å². The molecule has 0 atom stereocenters. The second-order valence-corrected chi connectivity index (χ2v) is 5.16. The molecule has 0 aliphatic heterocycles. The minimum absolute atomic E-state index is 0.182. The van der Waals surface area contributed by atoms with Crippen molar-refractivity contribution < 1.29 is 4.79 Å². The van der Waals surface area contributed by atoms with Gasteiger partial charge < -0.3 is 5.32 Å². The highest BCUT2D eigenvalue weighted by molar-refractivity contribution is 9.10. The molecule has 2 aromatic rings. The average molecular weight is 308 g/mol. The first kappa shape index (κ1) is 12.8. The van der Waals surface area contributed by atoms with Gasteiger partial charge in [-0.15, -0.1) is 0 Å². The number of nitrogens with one attached hydrogen (secondary N) is 1. The SMILES string of the molecule is Cc1cc(Br)ccc1NC(=O)c1nn(C)cc1C. The zero-order valence-corrected chi connectivity index (χ0v) is 12.1. The van der Waals surface area contributed by atoms with Crippen molar-refractivity contribution in [2.45, 2.75) is 13.8 Å². The molecule has 1 heterocycles. The summed E-state index contributed by atoms with van der Waals surface area (Å²) in [5.74, 6) is -0.182. The van der Waals surface area contributed by atoms with Crippen LogP contribution in [0.3, 0.4) is 0 Å². The van der Waals surface area contributed by atoms with E-state index in [4.69, 9.17) is 0 Å². The molecule has 0 radical (unpaired) electrons. The minimum Gasteiger partial charge on any atom is -0.320 e. The fraction of sp³-hybridized carbons (Fsp3) is 0.231. The molecule has 0 aliphatic carbocycles. The van der Waals surface area contributed by atoms with Gasteiger partial charge in [-0.1, -0.05) is 15.9 Å². The molecule has 0 unspecified atom stereocenters. The fourth-order valence-corrected chi connectivity index (χ4v) is 2.26. The number of aryl methyl sites for hydroxylation is 3. The maximum absolute atomic E-state index is 12.1. The Morgan fingerprint density at radius 3 is 2.61 bits per heavy atom. The lowest BCUT2D eigenvalue weighted by Crippen LogP contribution is -2.14. The van der Waals surface area contributed by atoms with Gasteiger partial charge in [0.2, 0.25) is 0 Å². The second kappa shape index (κ2) is 4.94. The van der Waals surface area contributed by atoms with E-state index < -0.39 is 0 Å². The molecular formula is C13H14BrN3O. The number of aromatic nitrogens is 2. The third-order valence-electron chi connectivity index (χ3n) is 2.66. The van der Waals surface area contributed by atoms with E-state index in [0.717, 1.165) is 21.3 Å². The Kier molecular flexibility index (Phi) is 3.52. The van der Waals surface area contributed by atoms with Crippen LogP contribution in [0.1, 0.15) is 21.6 Å². The standard InChI is InChI=1S/C13H14BrN3O/c1-8-6-10(14)4-5-11(8)15-13(18)12-9(2)7-17(3)16-12/h4-7H,1-3H3,(H,15,18). The molecule has 0 fully saturated rings. The molecular weight excluding hydrogens is 294 g/mol. The first-order chi connectivity index (χ1) is 8.47. The number of benzene rings is 1. The molecule has 0 saturated heterocycles. The van der Waals surface area contributed by atoms with E-state index in [1.807, 2.05) is 38.2 Å². The predicted octanol–water partition coefficient (Wildman–Crippen LogP) is 3.05. The van der Waals surface area contributed by atoms with E-state index in [2.05, 4.69) is 26.3 Å². The summed E-state index contributed by atoms with van der Waals surface area (Å²) >= 11 is 3.39. The second-order valence-electron chi connectivity index (χ2n) is 4.25. The summed E-state index contributed by atoms with van der Waals surface area (Å²) in [6, 6.07) is 5.73.